The monoisotopic (exact) mass is 326 g/mol. The molecule has 1 atom stereocenters. The lowest BCUT2D eigenvalue weighted by molar-refractivity contribution is 0.281. The molecule has 0 amide bonds. The second-order valence-corrected chi connectivity index (χ2v) is 5.82. The predicted octanol–water partition coefficient (Wildman–Crippen LogP) is 3.70. The van der Waals surface area contributed by atoms with Crippen molar-refractivity contribution in [3.05, 3.63) is 34.3 Å². The van der Waals surface area contributed by atoms with Crippen LogP contribution in [0.5, 0.6) is 0 Å². The predicted molar refractivity (Wildman–Crippen MR) is 87.7 cm³/mol. The van der Waals surface area contributed by atoms with Gasteiger partial charge < -0.3 is 10.2 Å². The molecule has 0 aliphatic carbocycles. The summed E-state index contributed by atoms with van der Waals surface area (Å²) in [5.74, 6) is 0. The minimum absolute atomic E-state index is 0.569. The quantitative estimate of drug-likeness (QED) is 0.744. The Morgan fingerprint density at radius 2 is 1.95 bits per heavy atom. The fraction of sp³-hybridized carbons (Fsp3) is 0.625. The van der Waals surface area contributed by atoms with Crippen LogP contribution in [0, 0.1) is 0 Å². The zero-order chi connectivity index (χ0) is 14.1. The summed E-state index contributed by atoms with van der Waals surface area (Å²) >= 11 is 3.55. The maximum atomic E-state index is 3.61. The summed E-state index contributed by atoms with van der Waals surface area (Å²) in [6.45, 7) is 11.2. The Labute approximate surface area is 126 Å². The van der Waals surface area contributed by atoms with Crippen LogP contribution in [0.1, 0.15) is 32.8 Å². The molecular weight excluding hydrogens is 300 g/mol. The molecule has 1 unspecified atom stereocenters. The van der Waals surface area contributed by atoms with Gasteiger partial charge in [0.2, 0.25) is 0 Å². The van der Waals surface area contributed by atoms with Crippen LogP contribution in [-0.2, 0) is 6.42 Å². The number of halogens is 1. The molecule has 0 spiro atoms. The third-order valence-corrected chi connectivity index (χ3v) is 4.05. The fourth-order valence-corrected chi connectivity index (χ4v) is 2.84. The summed E-state index contributed by atoms with van der Waals surface area (Å²) in [4.78, 5) is 2.49. The van der Waals surface area contributed by atoms with Crippen molar-refractivity contribution in [1.29, 1.82) is 0 Å². The third-order valence-electron chi connectivity index (χ3n) is 3.55. The highest BCUT2D eigenvalue weighted by atomic mass is 79.9. The average molecular weight is 327 g/mol. The number of nitrogens with zero attached hydrogens (tertiary/aromatic N) is 1. The largest absolute Gasteiger partial charge is 0.314 e. The Hall–Kier alpha value is -0.380. The van der Waals surface area contributed by atoms with E-state index in [9.17, 15) is 0 Å². The molecular formula is C16H27BrN2. The molecule has 1 aromatic carbocycles. The first-order valence-corrected chi connectivity index (χ1v) is 8.19. The van der Waals surface area contributed by atoms with Crippen molar-refractivity contribution in [3.63, 3.8) is 0 Å². The number of hydrogen-bond acceptors (Lipinski definition) is 2. The van der Waals surface area contributed by atoms with E-state index >= 15 is 0 Å². The second kappa shape index (κ2) is 9.51. The van der Waals surface area contributed by atoms with Crippen LogP contribution < -0.4 is 5.32 Å². The average Bonchev–Trinajstić information content (AvgIpc) is 2.40. The lowest BCUT2D eigenvalue weighted by Crippen LogP contribution is -2.35. The van der Waals surface area contributed by atoms with Crippen molar-refractivity contribution < 1.29 is 0 Å². The Balaban J connectivity index is 2.52. The van der Waals surface area contributed by atoms with Crippen molar-refractivity contribution in [2.75, 3.05) is 26.2 Å². The van der Waals surface area contributed by atoms with Gasteiger partial charge in [0.25, 0.3) is 0 Å². The van der Waals surface area contributed by atoms with Crippen LogP contribution in [0.4, 0.5) is 0 Å². The Morgan fingerprint density at radius 3 is 2.53 bits per heavy atom. The lowest BCUT2D eigenvalue weighted by atomic mass is 10.0. The molecule has 0 aliphatic rings. The number of benzene rings is 1. The molecule has 0 radical (unpaired) electrons. The van der Waals surface area contributed by atoms with E-state index in [-0.39, 0.29) is 0 Å². The SMILES string of the molecule is CCNC(CCN(CC)CC)Cc1cccc(Br)c1. The van der Waals surface area contributed by atoms with E-state index in [0.29, 0.717) is 6.04 Å². The van der Waals surface area contributed by atoms with E-state index in [4.69, 9.17) is 0 Å². The van der Waals surface area contributed by atoms with Crippen molar-refractivity contribution >= 4 is 15.9 Å². The second-order valence-electron chi connectivity index (χ2n) is 4.90. The van der Waals surface area contributed by atoms with Crippen molar-refractivity contribution in [3.8, 4) is 0 Å². The molecule has 0 aromatic heterocycles. The Bertz CT molecular complexity index is 350. The van der Waals surface area contributed by atoms with Gasteiger partial charge in [-0.15, -0.1) is 0 Å². The van der Waals surface area contributed by atoms with Gasteiger partial charge in [-0.05, 0) is 56.7 Å². The standard InChI is InChI=1S/C16H27BrN2/c1-4-18-16(10-11-19(5-2)6-3)13-14-8-7-9-15(17)12-14/h7-9,12,16,18H,4-6,10-11,13H2,1-3H3. The number of likely N-dealkylation sites (N-methyl/N-ethyl adjacent to an activating group) is 1. The van der Waals surface area contributed by atoms with Gasteiger partial charge in [-0.2, -0.15) is 0 Å². The summed E-state index contributed by atoms with van der Waals surface area (Å²) in [5.41, 5.74) is 1.40. The Morgan fingerprint density at radius 1 is 1.21 bits per heavy atom. The van der Waals surface area contributed by atoms with Gasteiger partial charge in [-0.1, -0.05) is 48.8 Å². The van der Waals surface area contributed by atoms with Crippen LogP contribution in [0.15, 0.2) is 28.7 Å². The number of rotatable bonds is 9. The van der Waals surface area contributed by atoms with E-state index in [1.165, 1.54) is 23.0 Å². The van der Waals surface area contributed by atoms with Gasteiger partial charge in [0.15, 0.2) is 0 Å². The van der Waals surface area contributed by atoms with Gasteiger partial charge in [0.1, 0.15) is 0 Å². The molecule has 2 nitrogen and oxygen atoms in total. The molecule has 108 valence electrons. The minimum atomic E-state index is 0.569. The molecule has 0 fully saturated rings. The molecule has 0 aliphatic heterocycles. The van der Waals surface area contributed by atoms with Gasteiger partial charge in [-0.25, -0.2) is 0 Å². The molecule has 1 rings (SSSR count). The molecule has 3 heteroatoms. The number of nitrogens with one attached hydrogen (secondary N) is 1. The maximum Gasteiger partial charge on any atom is 0.0178 e. The molecule has 0 bridgehead atoms. The normalized spacial score (nSPS) is 12.9. The minimum Gasteiger partial charge on any atom is -0.314 e. The summed E-state index contributed by atoms with van der Waals surface area (Å²) in [7, 11) is 0. The van der Waals surface area contributed by atoms with E-state index in [2.05, 4.69) is 71.2 Å². The van der Waals surface area contributed by atoms with Crippen LogP contribution in [0.2, 0.25) is 0 Å². The highest BCUT2D eigenvalue weighted by molar-refractivity contribution is 9.10. The van der Waals surface area contributed by atoms with Crippen LogP contribution in [0.3, 0.4) is 0 Å². The first-order chi connectivity index (χ1) is 9.19. The summed E-state index contributed by atoms with van der Waals surface area (Å²) in [6, 6.07) is 9.21. The van der Waals surface area contributed by atoms with Crippen molar-refractivity contribution in [2.24, 2.45) is 0 Å². The van der Waals surface area contributed by atoms with E-state index in [0.717, 1.165) is 26.1 Å². The summed E-state index contributed by atoms with van der Waals surface area (Å²) < 4.78 is 1.17. The highest BCUT2D eigenvalue weighted by Crippen LogP contribution is 2.14. The van der Waals surface area contributed by atoms with Crippen LogP contribution >= 0.6 is 15.9 Å². The molecule has 0 heterocycles. The molecule has 1 N–H and O–H groups in total. The van der Waals surface area contributed by atoms with Crippen LogP contribution in [0.25, 0.3) is 0 Å². The first kappa shape index (κ1) is 16.7. The molecule has 0 saturated carbocycles. The summed E-state index contributed by atoms with van der Waals surface area (Å²) in [6.07, 6.45) is 2.32. The van der Waals surface area contributed by atoms with Gasteiger partial charge in [0.05, 0.1) is 0 Å². The zero-order valence-corrected chi connectivity index (χ0v) is 14.0. The zero-order valence-electron chi connectivity index (χ0n) is 12.5. The third kappa shape index (κ3) is 6.55. The van der Waals surface area contributed by atoms with Gasteiger partial charge >= 0.3 is 0 Å². The summed E-state index contributed by atoms with van der Waals surface area (Å²) in [5, 5.41) is 3.61. The van der Waals surface area contributed by atoms with E-state index < -0.39 is 0 Å². The van der Waals surface area contributed by atoms with Gasteiger partial charge in [-0.3, -0.25) is 0 Å². The maximum absolute atomic E-state index is 3.61. The van der Waals surface area contributed by atoms with Crippen molar-refractivity contribution in [2.45, 2.75) is 39.7 Å². The Kier molecular flexibility index (Phi) is 8.35. The number of hydrogen-bond donors (Lipinski definition) is 1. The molecule has 0 saturated heterocycles. The van der Waals surface area contributed by atoms with Crippen LogP contribution in [-0.4, -0.2) is 37.1 Å². The molecule has 19 heavy (non-hydrogen) atoms. The highest BCUT2D eigenvalue weighted by Gasteiger charge is 2.10. The smallest absolute Gasteiger partial charge is 0.0178 e. The topological polar surface area (TPSA) is 15.3 Å². The van der Waals surface area contributed by atoms with Gasteiger partial charge in [0, 0.05) is 10.5 Å². The van der Waals surface area contributed by atoms with Crippen molar-refractivity contribution in [1.82, 2.24) is 10.2 Å². The lowest BCUT2D eigenvalue weighted by Gasteiger charge is -2.23. The van der Waals surface area contributed by atoms with E-state index in [1.54, 1.807) is 0 Å². The first-order valence-electron chi connectivity index (χ1n) is 7.39. The fourth-order valence-electron chi connectivity index (χ4n) is 2.39. The molecule has 1 aromatic rings. The van der Waals surface area contributed by atoms with E-state index in [1.807, 2.05) is 0 Å².